The monoisotopic (exact) mass is 468 g/mol. The Morgan fingerprint density at radius 1 is 1.20 bits per heavy atom. The SMILES string of the molecule is COC(=O)Cc1sc(NC(c2ccc(O)cc2)S(=O)(=O)O)nc1-c1ccc(Cl)cc1. The minimum atomic E-state index is -4.57. The average Bonchev–Trinajstić information content (AvgIpc) is 3.09. The van der Waals surface area contributed by atoms with E-state index >= 15 is 0 Å². The highest BCUT2D eigenvalue weighted by molar-refractivity contribution is 7.86. The summed E-state index contributed by atoms with van der Waals surface area (Å²) in [5.74, 6) is -0.530. The normalized spacial score (nSPS) is 12.4. The average molecular weight is 469 g/mol. The van der Waals surface area contributed by atoms with Crippen LogP contribution in [-0.4, -0.2) is 36.1 Å². The van der Waals surface area contributed by atoms with Gasteiger partial charge in [-0.3, -0.25) is 9.35 Å². The van der Waals surface area contributed by atoms with Crippen molar-refractivity contribution in [3.05, 3.63) is 64.0 Å². The highest BCUT2D eigenvalue weighted by Crippen LogP contribution is 2.35. The quantitative estimate of drug-likeness (QED) is 0.352. The van der Waals surface area contributed by atoms with E-state index in [1.807, 2.05) is 0 Å². The molecule has 3 rings (SSSR count). The van der Waals surface area contributed by atoms with Gasteiger partial charge in [-0.15, -0.1) is 11.3 Å². The van der Waals surface area contributed by atoms with Crippen LogP contribution in [0.2, 0.25) is 5.02 Å². The number of aromatic nitrogens is 1. The number of hydrogen-bond donors (Lipinski definition) is 3. The number of benzene rings is 2. The number of ether oxygens (including phenoxy) is 1. The summed E-state index contributed by atoms with van der Waals surface area (Å²) in [7, 11) is -3.30. The van der Waals surface area contributed by atoms with Crippen LogP contribution in [-0.2, 0) is 26.1 Å². The Bertz CT molecular complexity index is 1140. The second-order valence-electron chi connectivity index (χ2n) is 6.18. The van der Waals surface area contributed by atoms with Gasteiger partial charge >= 0.3 is 5.97 Å². The zero-order valence-electron chi connectivity index (χ0n) is 15.6. The number of thiazole rings is 1. The molecule has 0 saturated heterocycles. The molecule has 0 aliphatic heterocycles. The summed E-state index contributed by atoms with van der Waals surface area (Å²) in [4.78, 5) is 16.8. The number of hydrogen-bond acceptors (Lipinski definition) is 8. The molecule has 3 aromatic rings. The van der Waals surface area contributed by atoms with Gasteiger partial charge < -0.3 is 15.2 Å². The molecular weight excluding hydrogens is 452 g/mol. The van der Waals surface area contributed by atoms with Crippen molar-refractivity contribution < 1.29 is 27.6 Å². The fourth-order valence-electron chi connectivity index (χ4n) is 2.66. The van der Waals surface area contributed by atoms with Gasteiger partial charge in [0, 0.05) is 15.5 Å². The van der Waals surface area contributed by atoms with Crippen molar-refractivity contribution >= 4 is 44.2 Å². The number of carbonyl (C=O) groups is 1. The molecule has 2 aromatic carbocycles. The molecule has 1 heterocycles. The molecule has 0 amide bonds. The van der Waals surface area contributed by atoms with Gasteiger partial charge in [0.1, 0.15) is 5.75 Å². The molecule has 0 saturated carbocycles. The van der Waals surface area contributed by atoms with Crippen molar-refractivity contribution in [2.24, 2.45) is 0 Å². The van der Waals surface area contributed by atoms with Crippen LogP contribution in [0.5, 0.6) is 5.75 Å². The lowest BCUT2D eigenvalue weighted by atomic mass is 10.1. The van der Waals surface area contributed by atoms with E-state index in [-0.39, 0.29) is 22.9 Å². The number of nitrogens with one attached hydrogen (secondary N) is 1. The van der Waals surface area contributed by atoms with Crippen molar-refractivity contribution in [1.29, 1.82) is 0 Å². The summed E-state index contributed by atoms with van der Waals surface area (Å²) in [6.07, 6.45) is -0.0659. The molecule has 11 heteroatoms. The van der Waals surface area contributed by atoms with Crippen LogP contribution in [0, 0.1) is 0 Å². The first-order valence-electron chi connectivity index (χ1n) is 8.51. The second kappa shape index (κ2) is 9.00. The molecule has 0 aliphatic rings. The van der Waals surface area contributed by atoms with Crippen molar-refractivity contribution in [3.8, 4) is 17.0 Å². The highest BCUT2D eigenvalue weighted by atomic mass is 35.5. The van der Waals surface area contributed by atoms with E-state index in [0.717, 1.165) is 11.3 Å². The number of carbonyl (C=O) groups excluding carboxylic acids is 1. The van der Waals surface area contributed by atoms with Crippen LogP contribution < -0.4 is 5.32 Å². The summed E-state index contributed by atoms with van der Waals surface area (Å²) in [6.45, 7) is 0. The van der Waals surface area contributed by atoms with Gasteiger partial charge in [-0.1, -0.05) is 35.9 Å². The molecule has 0 fully saturated rings. The second-order valence-corrected chi connectivity index (χ2v) is 9.20. The summed E-state index contributed by atoms with van der Waals surface area (Å²) in [5.41, 5.74) is 1.34. The van der Waals surface area contributed by atoms with Crippen molar-refractivity contribution in [3.63, 3.8) is 0 Å². The summed E-state index contributed by atoms with van der Waals surface area (Å²) in [5, 5.41) is 11.3. The number of phenols is 1. The zero-order chi connectivity index (χ0) is 21.9. The van der Waals surface area contributed by atoms with E-state index in [1.165, 1.54) is 31.4 Å². The number of methoxy groups -OCH3 is 1. The van der Waals surface area contributed by atoms with Gasteiger partial charge in [0.2, 0.25) is 0 Å². The van der Waals surface area contributed by atoms with Crippen LogP contribution in [0.1, 0.15) is 15.8 Å². The molecule has 0 aliphatic carbocycles. The van der Waals surface area contributed by atoms with Gasteiger partial charge in [-0.2, -0.15) is 8.42 Å². The molecule has 158 valence electrons. The first-order chi connectivity index (χ1) is 14.2. The largest absolute Gasteiger partial charge is 0.508 e. The highest BCUT2D eigenvalue weighted by Gasteiger charge is 2.27. The first-order valence-corrected chi connectivity index (χ1v) is 11.2. The van der Waals surface area contributed by atoms with Gasteiger partial charge in [-0.25, -0.2) is 4.98 Å². The Kier molecular flexibility index (Phi) is 6.61. The molecular formula is C19H17ClN2O6S2. The molecule has 0 radical (unpaired) electrons. The predicted octanol–water partition coefficient (Wildman–Crippen LogP) is 3.88. The van der Waals surface area contributed by atoms with Gasteiger partial charge in [0.25, 0.3) is 10.1 Å². The van der Waals surface area contributed by atoms with E-state index in [2.05, 4.69) is 10.3 Å². The number of phenolic OH excluding ortho intramolecular Hbond substituents is 1. The lowest BCUT2D eigenvalue weighted by molar-refractivity contribution is -0.139. The Morgan fingerprint density at radius 3 is 2.40 bits per heavy atom. The summed E-state index contributed by atoms with van der Waals surface area (Å²) >= 11 is 7.00. The van der Waals surface area contributed by atoms with Crippen LogP contribution in [0.25, 0.3) is 11.3 Å². The molecule has 1 aromatic heterocycles. The Hall–Kier alpha value is -2.66. The van der Waals surface area contributed by atoms with Crippen molar-refractivity contribution in [1.82, 2.24) is 4.98 Å². The van der Waals surface area contributed by atoms with E-state index in [0.29, 0.717) is 21.2 Å². The maximum Gasteiger partial charge on any atom is 0.310 e. The van der Waals surface area contributed by atoms with E-state index in [9.17, 15) is 22.9 Å². The fraction of sp³-hybridized carbons (Fsp3) is 0.158. The molecule has 1 atom stereocenters. The minimum absolute atomic E-state index is 0.0486. The van der Waals surface area contributed by atoms with Crippen LogP contribution in [0.3, 0.4) is 0 Å². The van der Waals surface area contributed by atoms with E-state index in [4.69, 9.17) is 16.3 Å². The van der Waals surface area contributed by atoms with Crippen molar-refractivity contribution in [2.45, 2.75) is 11.8 Å². The van der Waals surface area contributed by atoms with Gasteiger partial charge in [0.05, 0.1) is 19.2 Å². The number of rotatable bonds is 7. The Balaban J connectivity index is 2.01. The first kappa shape index (κ1) is 22.0. The summed E-state index contributed by atoms with van der Waals surface area (Å²) in [6, 6.07) is 12.1. The maximum absolute atomic E-state index is 12.0. The molecule has 3 N–H and O–H groups in total. The van der Waals surface area contributed by atoms with E-state index in [1.54, 1.807) is 24.3 Å². The number of anilines is 1. The standard InChI is InChI=1S/C19H17ClN2O6S2/c1-28-16(24)10-15-17(11-2-6-13(20)7-3-11)21-19(29-15)22-18(30(25,26)27)12-4-8-14(23)9-5-12/h2-9,18,23H,10H2,1H3,(H,21,22)(H,25,26,27). The number of nitrogens with zero attached hydrogens (tertiary/aromatic N) is 1. The topological polar surface area (TPSA) is 126 Å². The number of aromatic hydroxyl groups is 1. The lowest BCUT2D eigenvalue weighted by Gasteiger charge is -2.15. The summed E-state index contributed by atoms with van der Waals surface area (Å²) < 4.78 is 38.4. The third kappa shape index (κ3) is 5.28. The minimum Gasteiger partial charge on any atom is -0.508 e. The molecule has 8 nitrogen and oxygen atoms in total. The molecule has 30 heavy (non-hydrogen) atoms. The molecule has 1 unspecified atom stereocenters. The Labute approximate surface area is 181 Å². The van der Waals surface area contributed by atoms with Crippen molar-refractivity contribution in [2.75, 3.05) is 12.4 Å². The smallest absolute Gasteiger partial charge is 0.310 e. The maximum atomic E-state index is 12.0. The van der Waals surface area contributed by atoms with E-state index < -0.39 is 21.5 Å². The van der Waals surface area contributed by atoms with Crippen LogP contribution >= 0.6 is 22.9 Å². The lowest BCUT2D eigenvalue weighted by Crippen LogP contribution is -2.20. The van der Waals surface area contributed by atoms with Gasteiger partial charge in [-0.05, 0) is 29.8 Å². The number of esters is 1. The van der Waals surface area contributed by atoms with Crippen LogP contribution in [0.15, 0.2) is 48.5 Å². The third-order valence-electron chi connectivity index (χ3n) is 4.10. The van der Waals surface area contributed by atoms with Crippen LogP contribution in [0.4, 0.5) is 5.13 Å². The molecule has 0 spiro atoms. The zero-order valence-corrected chi connectivity index (χ0v) is 18.0. The number of halogens is 1. The predicted molar refractivity (Wildman–Crippen MR) is 114 cm³/mol. The third-order valence-corrected chi connectivity index (χ3v) is 6.32. The fourth-order valence-corrected chi connectivity index (χ4v) is 4.62. The van der Waals surface area contributed by atoms with Gasteiger partial charge in [0.15, 0.2) is 10.5 Å². The molecule has 0 bridgehead atoms. The Morgan fingerprint density at radius 2 is 1.83 bits per heavy atom.